The number of carboxylic acids is 1. The standard InChI is InChI=1S/C18H20F2N2O6/c1-18(2)7-12(23)14(15(26)21-8-13(24)25)16(27)22(18)9-10-3-5-11(6-4-10)28-17(19)20/h3-6,17,23H,7-9H2,1-2H3,(H,21,26)(H,24,25). The quantitative estimate of drug-likeness (QED) is 0.604. The van der Waals surface area contributed by atoms with E-state index in [0.717, 1.165) is 0 Å². The van der Waals surface area contributed by atoms with Crippen molar-refractivity contribution in [1.29, 1.82) is 0 Å². The number of aliphatic hydroxyl groups is 1. The van der Waals surface area contributed by atoms with E-state index in [1.54, 1.807) is 13.8 Å². The highest BCUT2D eigenvalue weighted by Gasteiger charge is 2.42. The van der Waals surface area contributed by atoms with Crippen LogP contribution in [0.1, 0.15) is 25.8 Å². The zero-order chi connectivity index (χ0) is 21.1. The maximum atomic E-state index is 12.8. The topological polar surface area (TPSA) is 116 Å². The summed E-state index contributed by atoms with van der Waals surface area (Å²) in [5, 5.41) is 20.9. The number of hydrogen-bond donors (Lipinski definition) is 3. The number of carbonyl (C=O) groups is 3. The number of amides is 2. The molecule has 3 N–H and O–H groups in total. The fraction of sp³-hybridized carbons (Fsp3) is 0.389. The second kappa shape index (κ2) is 8.24. The Morgan fingerprint density at radius 3 is 2.43 bits per heavy atom. The first kappa shape index (κ1) is 21.1. The van der Waals surface area contributed by atoms with Gasteiger partial charge in [-0.2, -0.15) is 8.78 Å². The van der Waals surface area contributed by atoms with E-state index in [4.69, 9.17) is 5.11 Å². The van der Waals surface area contributed by atoms with Gasteiger partial charge in [-0.3, -0.25) is 14.4 Å². The van der Waals surface area contributed by atoms with Crippen LogP contribution < -0.4 is 10.1 Å². The van der Waals surface area contributed by atoms with Gasteiger partial charge in [0.1, 0.15) is 23.6 Å². The molecule has 0 fully saturated rings. The van der Waals surface area contributed by atoms with Crippen LogP contribution in [0.5, 0.6) is 5.75 Å². The van der Waals surface area contributed by atoms with Crippen LogP contribution in [0.3, 0.4) is 0 Å². The van der Waals surface area contributed by atoms with Gasteiger partial charge >= 0.3 is 12.6 Å². The van der Waals surface area contributed by atoms with Crippen molar-refractivity contribution in [2.24, 2.45) is 0 Å². The minimum Gasteiger partial charge on any atom is -0.511 e. The summed E-state index contributed by atoms with van der Waals surface area (Å²) in [7, 11) is 0. The largest absolute Gasteiger partial charge is 0.511 e. The van der Waals surface area contributed by atoms with Crippen molar-refractivity contribution >= 4 is 17.8 Å². The van der Waals surface area contributed by atoms with Gasteiger partial charge in [0.25, 0.3) is 11.8 Å². The third kappa shape index (κ3) is 4.96. The third-order valence-electron chi connectivity index (χ3n) is 4.19. The minimum absolute atomic E-state index is 0.0128. The predicted molar refractivity (Wildman–Crippen MR) is 92.6 cm³/mol. The van der Waals surface area contributed by atoms with E-state index in [1.165, 1.54) is 29.2 Å². The van der Waals surface area contributed by atoms with Crippen molar-refractivity contribution in [3.8, 4) is 5.75 Å². The third-order valence-corrected chi connectivity index (χ3v) is 4.19. The predicted octanol–water partition coefficient (Wildman–Crippen LogP) is 1.81. The molecule has 0 aliphatic carbocycles. The maximum absolute atomic E-state index is 12.8. The Balaban J connectivity index is 2.22. The highest BCUT2D eigenvalue weighted by atomic mass is 19.3. The normalized spacial score (nSPS) is 16.3. The monoisotopic (exact) mass is 398 g/mol. The van der Waals surface area contributed by atoms with Crippen molar-refractivity contribution < 1.29 is 38.1 Å². The lowest BCUT2D eigenvalue weighted by Crippen LogP contribution is -2.53. The highest BCUT2D eigenvalue weighted by Crippen LogP contribution is 2.33. The molecule has 0 saturated heterocycles. The number of aliphatic hydroxyl groups excluding tert-OH is 1. The Hall–Kier alpha value is -3.17. The maximum Gasteiger partial charge on any atom is 0.387 e. The second-order valence-corrected chi connectivity index (χ2v) is 6.80. The first-order valence-corrected chi connectivity index (χ1v) is 8.29. The molecular formula is C18H20F2N2O6. The molecule has 1 aliphatic rings. The molecule has 0 saturated carbocycles. The number of carboxylic acid groups (broad SMARTS) is 1. The number of carbonyl (C=O) groups excluding carboxylic acids is 2. The molecule has 1 aromatic carbocycles. The number of hydrogen-bond acceptors (Lipinski definition) is 5. The van der Waals surface area contributed by atoms with Crippen LogP contribution in [-0.2, 0) is 20.9 Å². The molecule has 0 spiro atoms. The molecule has 0 atom stereocenters. The summed E-state index contributed by atoms with van der Waals surface area (Å²) in [4.78, 5) is 36.9. The van der Waals surface area contributed by atoms with E-state index in [0.29, 0.717) is 5.56 Å². The van der Waals surface area contributed by atoms with Crippen molar-refractivity contribution in [2.75, 3.05) is 6.54 Å². The van der Waals surface area contributed by atoms with Crippen molar-refractivity contribution in [2.45, 2.75) is 39.0 Å². The number of halogens is 2. The fourth-order valence-corrected chi connectivity index (χ4v) is 2.84. The molecule has 2 rings (SSSR count). The van der Waals surface area contributed by atoms with Gasteiger partial charge in [-0.15, -0.1) is 0 Å². The van der Waals surface area contributed by atoms with Gasteiger partial charge in [0.2, 0.25) is 0 Å². The van der Waals surface area contributed by atoms with Crippen LogP contribution in [0, 0.1) is 0 Å². The number of nitrogens with one attached hydrogen (secondary N) is 1. The smallest absolute Gasteiger partial charge is 0.387 e. The van der Waals surface area contributed by atoms with Crippen molar-refractivity contribution in [1.82, 2.24) is 10.2 Å². The zero-order valence-corrected chi connectivity index (χ0v) is 15.2. The summed E-state index contributed by atoms with van der Waals surface area (Å²) in [5.41, 5.74) is -0.761. The molecule has 1 heterocycles. The Morgan fingerprint density at radius 1 is 1.29 bits per heavy atom. The van der Waals surface area contributed by atoms with E-state index in [-0.39, 0.29) is 18.7 Å². The summed E-state index contributed by atoms with van der Waals surface area (Å²) in [6, 6.07) is 5.67. The molecular weight excluding hydrogens is 378 g/mol. The van der Waals surface area contributed by atoms with E-state index < -0.39 is 47.8 Å². The van der Waals surface area contributed by atoms with Gasteiger partial charge in [0, 0.05) is 18.5 Å². The van der Waals surface area contributed by atoms with Gasteiger partial charge in [0.05, 0.1) is 0 Å². The zero-order valence-electron chi connectivity index (χ0n) is 15.2. The molecule has 0 aromatic heterocycles. The molecule has 1 aliphatic heterocycles. The molecule has 152 valence electrons. The molecule has 2 amide bonds. The Bertz CT molecular complexity index is 805. The Labute approximate surface area is 159 Å². The molecule has 1 aromatic rings. The molecule has 0 bridgehead atoms. The minimum atomic E-state index is -2.95. The van der Waals surface area contributed by atoms with Crippen LogP contribution in [-0.4, -0.2) is 51.6 Å². The Kier molecular flexibility index (Phi) is 6.22. The lowest BCUT2D eigenvalue weighted by molar-refractivity contribution is -0.140. The lowest BCUT2D eigenvalue weighted by atomic mass is 9.88. The fourth-order valence-electron chi connectivity index (χ4n) is 2.84. The van der Waals surface area contributed by atoms with E-state index in [9.17, 15) is 28.3 Å². The highest BCUT2D eigenvalue weighted by molar-refractivity contribution is 6.19. The average molecular weight is 398 g/mol. The molecule has 10 heteroatoms. The molecule has 0 unspecified atom stereocenters. The van der Waals surface area contributed by atoms with Gasteiger partial charge < -0.3 is 25.2 Å². The van der Waals surface area contributed by atoms with Gasteiger partial charge in [-0.1, -0.05) is 12.1 Å². The van der Waals surface area contributed by atoms with Gasteiger partial charge in [0.15, 0.2) is 0 Å². The van der Waals surface area contributed by atoms with E-state index >= 15 is 0 Å². The number of aliphatic carboxylic acids is 1. The summed E-state index contributed by atoms with van der Waals surface area (Å²) in [6.07, 6.45) is -0.0128. The number of alkyl halides is 2. The van der Waals surface area contributed by atoms with Crippen LogP contribution in [0.2, 0.25) is 0 Å². The van der Waals surface area contributed by atoms with Crippen molar-refractivity contribution in [3.63, 3.8) is 0 Å². The van der Waals surface area contributed by atoms with Crippen LogP contribution >= 0.6 is 0 Å². The number of ether oxygens (including phenoxy) is 1. The number of nitrogens with zero attached hydrogens (tertiary/aromatic N) is 1. The first-order chi connectivity index (χ1) is 13.0. The average Bonchev–Trinajstić information content (AvgIpc) is 2.57. The van der Waals surface area contributed by atoms with Crippen molar-refractivity contribution in [3.05, 3.63) is 41.2 Å². The number of benzene rings is 1. The van der Waals surface area contributed by atoms with Gasteiger partial charge in [-0.25, -0.2) is 0 Å². The summed E-state index contributed by atoms with van der Waals surface area (Å²) in [5.74, 6) is -3.49. The van der Waals surface area contributed by atoms with Crippen LogP contribution in [0.4, 0.5) is 8.78 Å². The van der Waals surface area contributed by atoms with E-state index in [2.05, 4.69) is 10.1 Å². The summed E-state index contributed by atoms with van der Waals surface area (Å²) in [6.45, 7) is -0.210. The Morgan fingerprint density at radius 2 is 1.89 bits per heavy atom. The molecule has 0 radical (unpaired) electrons. The van der Waals surface area contributed by atoms with Crippen LogP contribution in [0.15, 0.2) is 35.6 Å². The first-order valence-electron chi connectivity index (χ1n) is 8.29. The number of rotatable bonds is 7. The van der Waals surface area contributed by atoms with Gasteiger partial charge in [-0.05, 0) is 31.5 Å². The molecule has 28 heavy (non-hydrogen) atoms. The van der Waals surface area contributed by atoms with Crippen LogP contribution in [0.25, 0.3) is 0 Å². The SMILES string of the molecule is CC1(C)CC(O)=C(C(=O)NCC(=O)O)C(=O)N1Cc1ccc(OC(F)F)cc1. The molecule has 8 nitrogen and oxygen atoms in total. The summed E-state index contributed by atoms with van der Waals surface area (Å²) >= 11 is 0. The second-order valence-electron chi connectivity index (χ2n) is 6.80. The lowest BCUT2D eigenvalue weighted by Gasteiger charge is -2.42. The summed E-state index contributed by atoms with van der Waals surface area (Å²) < 4.78 is 28.7. The van der Waals surface area contributed by atoms with E-state index in [1.807, 2.05) is 0 Å².